The van der Waals surface area contributed by atoms with E-state index in [0.717, 1.165) is 11.3 Å². The van der Waals surface area contributed by atoms with Crippen molar-refractivity contribution in [2.75, 3.05) is 0 Å². The van der Waals surface area contributed by atoms with Crippen LogP contribution >= 0.6 is 12.2 Å². The Kier molecular flexibility index (Phi) is 7.02. The van der Waals surface area contributed by atoms with E-state index in [-0.39, 0.29) is 0 Å². The predicted octanol–water partition coefficient (Wildman–Crippen LogP) is 6.87. The van der Waals surface area contributed by atoms with Crippen LogP contribution in [0.4, 0.5) is 0 Å². The van der Waals surface area contributed by atoms with Gasteiger partial charge in [-0.15, -0.1) is 0 Å². The summed E-state index contributed by atoms with van der Waals surface area (Å²) in [5.41, 5.74) is 7.58. The quantitative estimate of drug-likeness (QED) is 0.299. The van der Waals surface area contributed by atoms with Gasteiger partial charge in [0.25, 0.3) is 0 Å². The molecular weight excluding hydrogens is 296 g/mol. The molecule has 23 heavy (non-hydrogen) atoms. The van der Waals surface area contributed by atoms with Crippen molar-refractivity contribution >= 4 is 17.1 Å². The third kappa shape index (κ3) is 5.28. The summed E-state index contributed by atoms with van der Waals surface area (Å²) in [5.74, 6) is 0.595. The monoisotopic (exact) mass is 328 g/mol. The second-order valence-corrected chi connectivity index (χ2v) is 8.03. The topological polar surface area (TPSA) is 0 Å². The van der Waals surface area contributed by atoms with Crippen molar-refractivity contribution in [1.29, 1.82) is 0 Å². The number of rotatable bonds is 7. The van der Waals surface area contributed by atoms with Crippen molar-refractivity contribution in [3.05, 3.63) is 46.0 Å². The zero-order chi connectivity index (χ0) is 16.8. The van der Waals surface area contributed by atoms with Crippen LogP contribution in [0.25, 0.3) is 0 Å². The Labute approximate surface area is 148 Å². The van der Waals surface area contributed by atoms with Crippen LogP contribution in [-0.2, 0) is 12.8 Å². The molecule has 0 amide bonds. The van der Waals surface area contributed by atoms with E-state index in [4.69, 9.17) is 12.2 Å². The Hall–Kier alpha value is -0.950. The van der Waals surface area contributed by atoms with E-state index >= 15 is 0 Å². The highest BCUT2D eigenvalue weighted by Gasteiger charge is 2.19. The molecule has 2 rings (SSSR count). The first-order valence-electron chi connectivity index (χ1n) is 9.30. The Morgan fingerprint density at radius 3 is 2.65 bits per heavy atom. The van der Waals surface area contributed by atoms with Crippen LogP contribution in [0, 0.1) is 6.92 Å². The Morgan fingerprint density at radius 2 is 2.00 bits per heavy atom. The zero-order valence-electron chi connectivity index (χ0n) is 15.4. The minimum absolute atomic E-state index is 0.595. The highest BCUT2D eigenvalue weighted by molar-refractivity contribution is 7.80. The molecule has 0 heterocycles. The van der Waals surface area contributed by atoms with Crippen LogP contribution in [0.5, 0.6) is 0 Å². The lowest BCUT2D eigenvalue weighted by Crippen LogP contribution is -2.10. The normalized spacial score (nSPS) is 17.9. The fraction of sp³-hybridized carbons (Fsp3) is 0.591. The standard InChI is InChI=1S/C22H32S/c1-5-6-7-10-19-13-17(3)22(21(15-19)14-18(4)23)20-11-8-9-16(2)12-20/h12-13,15,20H,5-11,14H2,1-4H3. The highest BCUT2D eigenvalue weighted by Crippen LogP contribution is 2.36. The fourth-order valence-corrected chi connectivity index (χ4v) is 4.11. The molecule has 0 N–H and O–H groups in total. The summed E-state index contributed by atoms with van der Waals surface area (Å²) in [6, 6.07) is 4.89. The van der Waals surface area contributed by atoms with Crippen molar-refractivity contribution in [2.24, 2.45) is 0 Å². The van der Waals surface area contributed by atoms with Gasteiger partial charge in [0.1, 0.15) is 0 Å². The summed E-state index contributed by atoms with van der Waals surface area (Å²) in [4.78, 5) is 1.10. The SMILES string of the molecule is CCCCCc1cc(C)c(C2C=C(C)CCC2)c(CC(C)=S)c1. The molecule has 1 unspecified atom stereocenters. The van der Waals surface area contributed by atoms with Crippen LogP contribution in [0.1, 0.15) is 87.5 Å². The van der Waals surface area contributed by atoms with E-state index in [1.165, 1.54) is 61.6 Å². The van der Waals surface area contributed by atoms with Crippen molar-refractivity contribution in [3.8, 4) is 0 Å². The molecule has 1 heteroatoms. The smallest absolute Gasteiger partial charge is 0.00385 e. The lowest BCUT2D eigenvalue weighted by atomic mass is 9.80. The van der Waals surface area contributed by atoms with E-state index in [1.807, 2.05) is 0 Å². The number of hydrogen-bond acceptors (Lipinski definition) is 1. The number of aryl methyl sites for hydroxylation is 2. The summed E-state index contributed by atoms with van der Waals surface area (Å²) in [5, 5.41) is 0. The van der Waals surface area contributed by atoms with Crippen molar-refractivity contribution in [2.45, 2.75) is 85.0 Å². The van der Waals surface area contributed by atoms with Crippen LogP contribution in [-0.4, -0.2) is 4.86 Å². The first-order chi connectivity index (χ1) is 11.0. The molecule has 1 aromatic rings. The molecule has 126 valence electrons. The third-order valence-corrected chi connectivity index (χ3v) is 5.13. The summed E-state index contributed by atoms with van der Waals surface area (Å²) < 4.78 is 0. The molecule has 0 fully saturated rings. The van der Waals surface area contributed by atoms with E-state index < -0.39 is 0 Å². The first-order valence-corrected chi connectivity index (χ1v) is 9.71. The second kappa shape index (κ2) is 8.78. The average Bonchev–Trinajstić information content (AvgIpc) is 2.46. The molecule has 0 nitrogen and oxygen atoms in total. The number of thiocarbonyl (C=S) groups is 1. The zero-order valence-corrected chi connectivity index (χ0v) is 16.2. The number of unbranched alkanes of at least 4 members (excludes halogenated alkanes) is 2. The lowest BCUT2D eigenvalue weighted by molar-refractivity contribution is 0.627. The van der Waals surface area contributed by atoms with E-state index in [2.05, 4.69) is 45.9 Å². The van der Waals surface area contributed by atoms with E-state index in [9.17, 15) is 0 Å². The maximum Gasteiger partial charge on any atom is 0.00385 e. The molecule has 0 spiro atoms. The summed E-state index contributed by atoms with van der Waals surface area (Å²) >= 11 is 5.44. The van der Waals surface area contributed by atoms with Gasteiger partial charge in [-0.2, -0.15) is 0 Å². The number of hydrogen-bond donors (Lipinski definition) is 0. The van der Waals surface area contributed by atoms with Crippen molar-refractivity contribution in [3.63, 3.8) is 0 Å². The molecule has 0 aliphatic heterocycles. The van der Waals surface area contributed by atoms with Crippen LogP contribution in [0.3, 0.4) is 0 Å². The predicted molar refractivity (Wildman–Crippen MR) is 107 cm³/mol. The lowest BCUT2D eigenvalue weighted by Gasteiger charge is -2.25. The van der Waals surface area contributed by atoms with Crippen LogP contribution in [0.15, 0.2) is 23.8 Å². The molecule has 1 atom stereocenters. The maximum atomic E-state index is 5.44. The van der Waals surface area contributed by atoms with Gasteiger partial charge in [-0.3, -0.25) is 0 Å². The first kappa shape index (κ1) is 18.4. The minimum Gasteiger partial charge on any atom is -0.0896 e. The summed E-state index contributed by atoms with van der Waals surface area (Å²) in [7, 11) is 0. The minimum atomic E-state index is 0.595. The van der Waals surface area contributed by atoms with Crippen LogP contribution in [0.2, 0.25) is 0 Å². The van der Waals surface area contributed by atoms with Crippen LogP contribution < -0.4 is 0 Å². The molecule has 1 aliphatic rings. The van der Waals surface area contributed by atoms with Gasteiger partial charge < -0.3 is 0 Å². The fourth-order valence-electron chi connectivity index (χ4n) is 3.96. The van der Waals surface area contributed by atoms with Gasteiger partial charge in [0.15, 0.2) is 0 Å². The summed E-state index contributed by atoms with van der Waals surface area (Å²) in [6.45, 7) is 8.94. The Balaban J connectivity index is 2.35. The van der Waals surface area contributed by atoms with Gasteiger partial charge in [0.2, 0.25) is 0 Å². The second-order valence-electron chi connectivity index (χ2n) is 7.33. The molecule has 0 saturated carbocycles. The molecule has 0 saturated heterocycles. The Bertz CT molecular complexity index is 580. The van der Waals surface area contributed by atoms with Gasteiger partial charge in [0, 0.05) is 12.3 Å². The van der Waals surface area contributed by atoms with Gasteiger partial charge >= 0.3 is 0 Å². The maximum absolute atomic E-state index is 5.44. The van der Waals surface area contributed by atoms with Gasteiger partial charge in [-0.05, 0) is 80.0 Å². The molecular formula is C22H32S. The molecule has 1 aromatic carbocycles. The Morgan fingerprint density at radius 1 is 1.22 bits per heavy atom. The summed E-state index contributed by atoms with van der Waals surface area (Å²) in [6.07, 6.45) is 12.5. The van der Waals surface area contributed by atoms with E-state index in [1.54, 1.807) is 11.1 Å². The number of allylic oxidation sites excluding steroid dienone is 2. The molecule has 1 aliphatic carbocycles. The van der Waals surface area contributed by atoms with Crippen molar-refractivity contribution < 1.29 is 0 Å². The average molecular weight is 329 g/mol. The molecule has 0 radical (unpaired) electrons. The number of benzene rings is 1. The van der Waals surface area contributed by atoms with Gasteiger partial charge in [-0.25, -0.2) is 0 Å². The van der Waals surface area contributed by atoms with Gasteiger partial charge in [0.05, 0.1) is 0 Å². The molecule has 0 bridgehead atoms. The third-order valence-electron chi connectivity index (χ3n) is 4.98. The van der Waals surface area contributed by atoms with Crippen molar-refractivity contribution in [1.82, 2.24) is 0 Å². The molecule has 0 aromatic heterocycles. The van der Waals surface area contributed by atoms with Gasteiger partial charge in [-0.1, -0.05) is 55.8 Å². The van der Waals surface area contributed by atoms with E-state index in [0.29, 0.717) is 5.92 Å². The largest absolute Gasteiger partial charge is 0.0896 e. The highest BCUT2D eigenvalue weighted by atomic mass is 32.1.